The van der Waals surface area contributed by atoms with Crippen LogP contribution in [0.4, 0.5) is 0 Å². The summed E-state index contributed by atoms with van der Waals surface area (Å²) in [6.45, 7) is 23.6. The fourth-order valence-corrected chi connectivity index (χ4v) is 8.28. The van der Waals surface area contributed by atoms with Crippen LogP contribution in [0.15, 0.2) is 30.3 Å². The first kappa shape index (κ1) is 51.6. The molecule has 0 aromatic heterocycles. The summed E-state index contributed by atoms with van der Waals surface area (Å²) in [5.41, 5.74) is 0.132. The Labute approximate surface area is 356 Å². The van der Waals surface area contributed by atoms with Crippen LogP contribution in [0.2, 0.25) is 0 Å². The molecule has 2 rings (SSSR count). The minimum Gasteiger partial charge on any atom is -0.458 e. The van der Waals surface area contributed by atoms with Crippen molar-refractivity contribution in [3.8, 4) is 0 Å². The van der Waals surface area contributed by atoms with E-state index < -0.39 is 59.9 Å². The van der Waals surface area contributed by atoms with Crippen LogP contribution in [0.3, 0.4) is 0 Å². The molecule has 13 heteroatoms. The van der Waals surface area contributed by atoms with Gasteiger partial charge in [-0.05, 0) is 77.8 Å². The van der Waals surface area contributed by atoms with E-state index in [1.807, 2.05) is 97.7 Å². The minimum absolute atomic E-state index is 0.00173. The van der Waals surface area contributed by atoms with E-state index in [0.717, 1.165) is 18.4 Å². The minimum atomic E-state index is -0.924. The maximum absolute atomic E-state index is 14.4. The van der Waals surface area contributed by atoms with E-state index in [4.69, 9.17) is 14.2 Å². The van der Waals surface area contributed by atoms with Gasteiger partial charge >= 0.3 is 5.97 Å². The van der Waals surface area contributed by atoms with E-state index in [0.29, 0.717) is 13.0 Å². The van der Waals surface area contributed by atoms with E-state index in [1.165, 1.54) is 7.11 Å². The first-order valence-corrected chi connectivity index (χ1v) is 21.7. The van der Waals surface area contributed by atoms with Crippen LogP contribution in [0, 0.1) is 23.7 Å². The number of amides is 4. The molecule has 13 nitrogen and oxygen atoms in total. The Balaban J connectivity index is 2.33. The molecule has 1 aliphatic heterocycles. The predicted octanol–water partition coefficient (Wildman–Crippen LogP) is 5.48. The lowest BCUT2D eigenvalue weighted by Gasteiger charge is -2.41. The lowest BCUT2D eigenvalue weighted by molar-refractivity contribution is -0.159. The number of carbonyl (C=O) groups excluding carboxylic acids is 5. The standard InChI is InChI=1S/C46H79N5O8/c1-17-31(8)40(50(14)44(55)38(28(2)3)48-43(54)39(29(4)5)49(13)30(6)7)36(57-15)27-37(52)51-25-21-24-35(51)41(58-16)32(9)42(53)47-34(45(56)59-46(10,11)12)26-33-22-19-18-20-23-33/h18-20,22-23,28-32,34-36,38-41H,17,21,24-27H2,1-16H3,(H,47,53)(H,48,54)/t31-,32+,34-,35-,36?,38-,39-,40-,41+/m0/s1. The van der Waals surface area contributed by atoms with Crippen molar-refractivity contribution in [3.05, 3.63) is 35.9 Å². The molecule has 0 spiro atoms. The molecule has 4 amide bonds. The van der Waals surface area contributed by atoms with Gasteiger partial charge in [-0.1, -0.05) is 85.2 Å². The molecule has 0 saturated carbocycles. The average molecular weight is 830 g/mol. The maximum Gasteiger partial charge on any atom is 0.329 e. The number of nitrogens with one attached hydrogen (secondary N) is 2. The highest BCUT2D eigenvalue weighted by Crippen LogP contribution is 2.30. The topological polar surface area (TPSA) is 147 Å². The van der Waals surface area contributed by atoms with E-state index in [9.17, 15) is 24.0 Å². The Morgan fingerprint density at radius 2 is 1.47 bits per heavy atom. The summed E-state index contributed by atoms with van der Waals surface area (Å²) < 4.78 is 17.8. The lowest BCUT2D eigenvalue weighted by atomic mass is 9.89. The van der Waals surface area contributed by atoms with Gasteiger partial charge in [0, 0.05) is 40.3 Å². The van der Waals surface area contributed by atoms with Crippen molar-refractivity contribution >= 4 is 29.6 Å². The molecule has 1 aromatic carbocycles. The number of hydrogen-bond donors (Lipinski definition) is 2. The molecule has 1 saturated heterocycles. The van der Waals surface area contributed by atoms with Crippen LogP contribution in [0.1, 0.15) is 114 Å². The zero-order valence-corrected chi connectivity index (χ0v) is 39.2. The number of likely N-dealkylation sites (tertiary alicyclic amines) is 1. The zero-order valence-electron chi connectivity index (χ0n) is 39.2. The van der Waals surface area contributed by atoms with Gasteiger partial charge in [-0.3, -0.25) is 24.1 Å². The van der Waals surface area contributed by atoms with Crippen molar-refractivity contribution in [2.75, 3.05) is 34.9 Å². The molecule has 0 radical (unpaired) electrons. The highest BCUT2D eigenvalue weighted by molar-refractivity contribution is 5.90. The molecule has 9 atom stereocenters. The third-order valence-corrected chi connectivity index (χ3v) is 11.9. The smallest absolute Gasteiger partial charge is 0.329 e. The summed E-state index contributed by atoms with van der Waals surface area (Å²) in [4.78, 5) is 75.3. The molecule has 1 fully saturated rings. The van der Waals surface area contributed by atoms with Gasteiger partial charge in [0.15, 0.2) is 0 Å². The van der Waals surface area contributed by atoms with Gasteiger partial charge in [0.1, 0.15) is 17.7 Å². The van der Waals surface area contributed by atoms with Crippen molar-refractivity contribution in [3.63, 3.8) is 0 Å². The zero-order chi connectivity index (χ0) is 44.9. The second kappa shape index (κ2) is 23.4. The van der Waals surface area contributed by atoms with Crippen molar-refractivity contribution in [2.24, 2.45) is 23.7 Å². The van der Waals surface area contributed by atoms with Gasteiger partial charge in [-0.15, -0.1) is 0 Å². The van der Waals surface area contributed by atoms with Crippen molar-refractivity contribution in [2.45, 2.75) is 169 Å². The molecule has 1 aromatic rings. The van der Waals surface area contributed by atoms with Crippen LogP contribution in [-0.2, 0) is 44.6 Å². The highest BCUT2D eigenvalue weighted by Gasteiger charge is 2.44. The quantitative estimate of drug-likeness (QED) is 0.145. The Bertz CT molecular complexity index is 1500. The second-order valence-electron chi connectivity index (χ2n) is 18.6. The molecule has 59 heavy (non-hydrogen) atoms. The normalized spacial score (nSPS) is 18.8. The largest absolute Gasteiger partial charge is 0.458 e. The number of rotatable bonds is 22. The number of esters is 1. The number of methoxy groups -OCH3 is 2. The summed E-state index contributed by atoms with van der Waals surface area (Å²) in [5.74, 6) is -2.43. The third kappa shape index (κ3) is 14.6. The maximum atomic E-state index is 14.4. The summed E-state index contributed by atoms with van der Waals surface area (Å²) in [5, 5.41) is 6.03. The van der Waals surface area contributed by atoms with Gasteiger partial charge in [-0.25, -0.2) is 4.79 Å². The summed E-state index contributed by atoms with van der Waals surface area (Å²) >= 11 is 0. The second-order valence-corrected chi connectivity index (χ2v) is 18.6. The van der Waals surface area contributed by atoms with Gasteiger partial charge in [0.25, 0.3) is 0 Å². The molecular formula is C46H79N5O8. The molecule has 2 N–H and O–H groups in total. The molecule has 1 heterocycles. The molecule has 0 bridgehead atoms. The van der Waals surface area contributed by atoms with Gasteiger partial charge in [-0.2, -0.15) is 0 Å². The van der Waals surface area contributed by atoms with Gasteiger partial charge in [0.05, 0.1) is 42.7 Å². The van der Waals surface area contributed by atoms with Crippen molar-refractivity contribution in [1.29, 1.82) is 0 Å². The Morgan fingerprint density at radius 1 is 0.864 bits per heavy atom. The van der Waals surface area contributed by atoms with Crippen LogP contribution in [-0.4, -0.2) is 133 Å². The molecule has 336 valence electrons. The van der Waals surface area contributed by atoms with Crippen molar-refractivity contribution in [1.82, 2.24) is 25.3 Å². The fraction of sp³-hybridized carbons (Fsp3) is 0.761. The van der Waals surface area contributed by atoms with Crippen LogP contribution < -0.4 is 10.6 Å². The number of hydrogen-bond acceptors (Lipinski definition) is 9. The highest BCUT2D eigenvalue weighted by atomic mass is 16.6. The van der Waals surface area contributed by atoms with E-state index >= 15 is 0 Å². The van der Waals surface area contributed by atoms with E-state index in [-0.39, 0.29) is 60.3 Å². The SMILES string of the molecule is CC[C@H](C)[C@@H](C(CC(=O)N1CCC[C@H]1[C@H](OC)[C@@H](C)C(=O)N[C@@H](Cc1ccccc1)C(=O)OC(C)(C)C)OC)N(C)C(=O)[C@@H](NC(=O)[C@H](C(C)C)N(C)C(C)C)C(C)C. The summed E-state index contributed by atoms with van der Waals surface area (Å²) in [6.07, 6.45) is 1.03. The van der Waals surface area contributed by atoms with Crippen molar-refractivity contribution < 1.29 is 38.2 Å². The van der Waals surface area contributed by atoms with E-state index in [2.05, 4.69) is 10.6 Å². The Hall–Kier alpha value is -3.55. The van der Waals surface area contributed by atoms with Gasteiger partial charge < -0.3 is 34.6 Å². The van der Waals surface area contributed by atoms with Gasteiger partial charge in [0.2, 0.25) is 23.6 Å². The number of ether oxygens (including phenoxy) is 3. The van der Waals surface area contributed by atoms with Crippen LogP contribution >= 0.6 is 0 Å². The molecular weight excluding hydrogens is 751 g/mol. The Morgan fingerprint density at radius 3 is 1.97 bits per heavy atom. The summed E-state index contributed by atoms with van der Waals surface area (Å²) in [6, 6.07) is 6.59. The molecule has 0 aliphatic carbocycles. The Kier molecular flexibility index (Phi) is 20.5. The monoisotopic (exact) mass is 830 g/mol. The first-order valence-electron chi connectivity index (χ1n) is 21.7. The number of likely N-dealkylation sites (N-methyl/N-ethyl adjacent to an activating group) is 2. The number of nitrogens with zero attached hydrogens (tertiary/aromatic N) is 3. The van der Waals surface area contributed by atoms with Crippen LogP contribution in [0.25, 0.3) is 0 Å². The predicted molar refractivity (Wildman–Crippen MR) is 232 cm³/mol. The van der Waals surface area contributed by atoms with E-state index in [1.54, 1.807) is 51.7 Å². The third-order valence-electron chi connectivity index (χ3n) is 11.9. The summed E-state index contributed by atoms with van der Waals surface area (Å²) in [7, 11) is 6.76. The lowest BCUT2D eigenvalue weighted by Crippen LogP contribution is -2.60. The molecule has 1 unspecified atom stereocenters. The fourth-order valence-electron chi connectivity index (χ4n) is 8.28. The molecule has 1 aliphatic rings. The van der Waals surface area contributed by atoms with Crippen LogP contribution in [0.5, 0.6) is 0 Å². The first-order chi connectivity index (χ1) is 27.5. The average Bonchev–Trinajstić information content (AvgIpc) is 3.65. The number of benzene rings is 1. The number of carbonyl (C=O) groups is 5.